The number of H-pyrrole nitrogens is 1. The van der Waals surface area contributed by atoms with E-state index in [1.165, 1.54) is 33.9 Å². The molecule has 0 radical (unpaired) electrons. The molecule has 0 amide bonds. The highest BCUT2D eigenvalue weighted by Crippen LogP contribution is 2.39. The molecule has 1 fully saturated rings. The molecule has 0 unspecified atom stereocenters. The van der Waals surface area contributed by atoms with Gasteiger partial charge < -0.3 is 9.88 Å². The Morgan fingerprint density at radius 3 is 2.64 bits per heavy atom. The SMILES string of the molecule is Cc1c(-c2[nH]c3ccc(C4CN(CCS(C)(=O)=O)C4)cc3c2C(C)C)cn2cnnc2c1C. The summed E-state index contributed by atoms with van der Waals surface area (Å²) in [6, 6.07) is 6.74. The Morgan fingerprint density at radius 2 is 1.94 bits per heavy atom. The third-order valence-corrected chi connectivity index (χ3v) is 7.98. The van der Waals surface area contributed by atoms with Crippen LogP contribution in [0.1, 0.15) is 47.9 Å². The van der Waals surface area contributed by atoms with E-state index in [4.69, 9.17) is 0 Å². The summed E-state index contributed by atoms with van der Waals surface area (Å²) in [4.78, 5) is 5.93. The summed E-state index contributed by atoms with van der Waals surface area (Å²) in [5.41, 5.74) is 9.39. The van der Waals surface area contributed by atoms with Gasteiger partial charge in [-0.3, -0.25) is 4.40 Å². The summed E-state index contributed by atoms with van der Waals surface area (Å²) >= 11 is 0. The monoisotopic (exact) mass is 465 g/mol. The maximum Gasteiger partial charge on any atom is 0.163 e. The molecule has 1 aromatic carbocycles. The van der Waals surface area contributed by atoms with Crippen molar-refractivity contribution in [2.75, 3.05) is 31.6 Å². The van der Waals surface area contributed by atoms with Crippen LogP contribution in [-0.4, -0.2) is 64.5 Å². The molecule has 1 aliphatic heterocycles. The van der Waals surface area contributed by atoms with E-state index in [2.05, 4.69) is 72.2 Å². The molecule has 1 N–H and O–H groups in total. The fourth-order valence-electron chi connectivity index (χ4n) is 5.02. The highest BCUT2D eigenvalue weighted by molar-refractivity contribution is 7.90. The highest BCUT2D eigenvalue weighted by atomic mass is 32.2. The molecule has 0 bridgehead atoms. The van der Waals surface area contributed by atoms with Gasteiger partial charge in [-0.25, -0.2) is 8.42 Å². The molecule has 33 heavy (non-hydrogen) atoms. The number of likely N-dealkylation sites (tertiary alicyclic amines) is 1. The second kappa shape index (κ2) is 7.95. The van der Waals surface area contributed by atoms with E-state index >= 15 is 0 Å². The van der Waals surface area contributed by atoms with Crippen molar-refractivity contribution in [3.63, 3.8) is 0 Å². The lowest BCUT2D eigenvalue weighted by Crippen LogP contribution is -2.46. The van der Waals surface area contributed by atoms with E-state index < -0.39 is 9.84 Å². The Bertz CT molecular complexity index is 1460. The first-order valence-corrected chi connectivity index (χ1v) is 13.5. The van der Waals surface area contributed by atoms with Gasteiger partial charge in [0, 0.05) is 54.5 Å². The maximum atomic E-state index is 11.5. The summed E-state index contributed by atoms with van der Waals surface area (Å²) in [6.45, 7) is 11.2. The summed E-state index contributed by atoms with van der Waals surface area (Å²) in [7, 11) is -2.92. The molecular formula is C25H31N5O2S. The molecule has 0 spiro atoms. The van der Waals surface area contributed by atoms with Gasteiger partial charge in [-0.1, -0.05) is 19.9 Å². The summed E-state index contributed by atoms with van der Waals surface area (Å²) in [5.74, 6) is 1.03. The van der Waals surface area contributed by atoms with Gasteiger partial charge in [-0.2, -0.15) is 0 Å². The minimum absolute atomic E-state index is 0.229. The number of hydrogen-bond acceptors (Lipinski definition) is 5. The second-order valence-corrected chi connectivity index (χ2v) is 12.1. The number of pyridine rings is 1. The van der Waals surface area contributed by atoms with Crippen molar-refractivity contribution in [2.45, 2.75) is 39.5 Å². The molecule has 4 heterocycles. The Balaban J connectivity index is 1.51. The summed E-state index contributed by atoms with van der Waals surface area (Å²) in [5, 5.41) is 9.61. The number of aryl methyl sites for hydroxylation is 1. The zero-order chi connectivity index (χ0) is 23.5. The van der Waals surface area contributed by atoms with Gasteiger partial charge in [0.25, 0.3) is 0 Å². The fourth-order valence-corrected chi connectivity index (χ4v) is 5.61. The van der Waals surface area contributed by atoms with Crippen molar-refractivity contribution in [3.8, 4) is 11.3 Å². The number of nitrogens with one attached hydrogen (secondary N) is 1. The zero-order valence-electron chi connectivity index (χ0n) is 19.9. The van der Waals surface area contributed by atoms with E-state index in [0.29, 0.717) is 18.4 Å². The first-order chi connectivity index (χ1) is 15.6. The number of aromatic amines is 1. The van der Waals surface area contributed by atoms with E-state index in [9.17, 15) is 8.42 Å². The number of hydrogen-bond donors (Lipinski definition) is 1. The smallest absolute Gasteiger partial charge is 0.163 e. The molecule has 1 aliphatic rings. The van der Waals surface area contributed by atoms with Crippen LogP contribution in [0.5, 0.6) is 0 Å². The molecule has 1 saturated heterocycles. The van der Waals surface area contributed by atoms with Gasteiger partial charge in [-0.05, 0) is 54.2 Å². The average molecular weight is 466 g/mol. The lowest BCUT2D eigenvalue weighted by Gasteiger charge is -2.39. The number of benzene rings is 1. The van der Waals surface area contributed by atoms with Gasteiger partial charge in [-0.15, -0.1) is 10.2 Å². The minimum atomic E-state index is -2.92. The maximum absolute atomic E-state index is 11.5. The van der Waals surface area contributed by atoms with Gasteiger partial charge in [0.2, 0.25) is 0 Å². The molecule has 174 valence electrons. The van der Waals surface area contributed by atoms with Crippen LogP contribution in [0.3, 0.4) is 0 Å². The molecule has 0 atom stereocenters. The molecule has 4 aromatic rings. The van der Waals surface area contributed by atoms with Crippen LogP contribution in [0.2, 0.25) is 0 Å². The predicted molar refractivity (Wildman–Crippen MR) is 133 cm³/mol. The zero-order valence-corrected chi connectivity index (χ0v) is 20.7. The number of sulfone groups is 1. The lowest BCUT2D eigenvalue weighted by molar-refractivity contribution is 0.158. The molecule has 7 nitrogen and oxygen atoms in total. The third-order valence-electron chi connectivity index (χ3n) is 7.06. The largest absolute Gasteiger partial charge is 0.354 e. The van der Waals surface area contributed by atoms with Crippen LogP contribution >= 0.6 is 0 Å². The van der Waals surface area contributed by atoms with E-state index in [1.54, 1.807) is 6.33 Å². The van der Waals surface area contributed by atoms with Crippen LogP contribution in [0.4, 0.5) is 0 Å². The van der Waals surface area contributed by atoms with Crippen molar-refractivity contribution < 1.29 is 8.42 Å². The first kappa shape index (κ1) is 22.1. The molecule has 0 aliphatic carbocycles. The Morgan fingerprint density at radius 1 is 1.18 bits per heavy atom. The second-order valence-electron chi connectivity index (χ2n) is 9.81. The Labute approximate surface area is 194 Å². The molecule has 8 heteroatoms. The minimum Gasteiger partial charge on any atom is -0.354 e. The van der Waals surface area contributed by atoms with Crippen LogP contribution in [0, 0.1) is 13.8 Å². The van der Waals surface area contributed by atoms with Gasteiger partial charge >= 0.3 is 0 Å². The quantitative estimate of drug-likeness (QED) is 0.464. The fraction of sp³-hybridized carbons (Fsp3) is 0.440. The Hall–Kier alpha value is -2.71. The predicted octanol–water partition coefficient (Wildman–Crippen LogP) is 4.06. The van der Waals surface area contributed by atoms with E-state index in [0.717, 1.165) is 35.5 Å². The average Bonchev–Trinajstić information content (AvgIpc) is 3.32. The number of fused-ring (bicyclic) bond motifs is 2. The normalized spacial score (nSPS) is 15.7. The van der Waals surface area contributed by atoms with Crippen LogP contribution < -0.4 is 0 Å². The standard InChI is InChI=1S/C25H31N5O2S/c1-15(2)23-20-10-18(19-11-29(12-19)8-9-33(5,31)32)6-7-22(20)27-24(23)21-13-30-14-26-28-25(30)17(4)16(21)3/h6-7,10,13-15,19,27H,8-9,11-12H2,1-5H3. The van der Waals surface area contributed by atoms with E-state index in [1.807, 2.05) is 4.40 Å². The van der Waals surface area contributed by atoms with Gasteiger partial charge in [0.05, 0.1) is 11.4 Å². The van der Waals surface area contributed by atoms with Crippen LogP contribution in [-0.2, 0) is 9.84 Å². The number of nitrogens with zero attached hydrogens (tertiary/aromatic N) is 4. The lowest BCUT2D eigenvalue weighted by atomic mass is 9.88. The van der Waals surface area contributed by atoms with Crippen molar-refractivity contribution in [1.29, 1.82) is 0 Å². The molecule has 5 rings (SSSR count). The van der Waals surface area contributed by atoms with Crippen molar-refractivity contribution in [3.05, 3.63) is 53.0 Å². The Kier molecular flexibility index (Phi) is 5.33. The topological polar surface area (TPSA) is 83.4 Å². The third kappa shape index (κ3) is 3.95. The van der Waals surface area contributed by atoms with E-state index in [-0.39, 0.29) is 5.75 Å². The van der Waals surface area contributed by atoms with Gasteiger partial charge in [0.1, 0.15) is 16.2 Å². The number of aromatic nitrogens is 4. The summed E-state index contributed by atoms with van der Waals surface area (Å²) < 4.78 is 24.9. The van der Waals surface area contributed by atoms with Crippen molar-refractivity contribution in [2.24, 2.45) is 0 Å². The molecule has 0 saturated carbocycles. The first-order valence-electron chi connectivity index (χ1n) is 11.5. The highest BCUT2D eigenvalue weighted by Gasteiger charge is 2.29. The van der Waals surface area contributed by atoms with Gasteiger partial charge in [0.15, 0.2) is 5.65 Å². The summed E-state index contributed by atoms with van der Waals surface area (Å²) in [6.07, 6.45) is 5.19. The van der Waals surface area contributed by atoms with Crippen LogP contribution in [0.15, 0.2) is 30.7 Å². The van der Waals surface area contributed by atoms with Crippen molar-refractivity contribution in [1.82, 2.24) is 24.5 Å². The molecule has 3 aromatic heterocycles. The van der Waals surface area contributed by atoms with Crippen LogP contribution in [0.25, 0.3) is 27.8 Å². The number of rotatable bonds is 6. The molecular weight excluding hydrogens is 434 g/mol. The van der Waals surface area contributed by atoms with Crippen molar-refractivity contribution >= 4 is 26.4 Å².